The van der Waals surface area contributed by atoms with Crippen molar-refractivity contribution in [2.24, 2.45) is 10.8 Å². The van der Waals surface area contributed by atoms with Gasteiger partial charge in [-0.2, -0.15) is 0 Å². The predicted molar refractivity (Wildman–Crippen MR) is 69.5 cm³/mol. The Hall–Kier alpha value is -0.0800. The molecule has 0 amide bonds. The van der Waals surface area contributed by atoms with E-state index in [9.17, 15) is 0 Å². The molecule has 96 valence electrons. The third-order valence-corrected chi connectivity index (χ3v) is 3.86. The summed E-state index contributed by atoms with van der Waals surface area (Å²) < 4.78 is 0. The van der Waals surface area contributed by atoms with Crippen molar-refractivity contribution in [3.63, 3.8) is 0 Å². The van der Waals surface area contributed by atoms with Crippen LogP contribution in [0.5, 0.6) is 0 Å². The summed E-state index contributed by atoms with van der Waals surface area (Å²) in [6, 6.07) is 0.682. The molecule has 0 spiro atoms. The maximum absolute atomic E-state index is 8.99. The highest BCUT2D eigenvalue weighted by molar-refractivity contribution is 4.84. The Morgan fingerprint density at radius 2 is 2.06 bits per heavy atom. The molecule has 1 rings (SSSR count). The summed E-state index contributed by atoms with van der Waals surface area (Å²) in [5.74, 6) is 0. The van der Waals surface area contributed by atoms with Crippen molar-refractivity contribution < 1.29 is 5.11 Å². The van der Waals surface area contributed by atoms with Crippen molar-refractivity contribution >= 4 is 0 Å². The summed E-state index contributed by atoms with van der Waals surface area (Å²) in [5.41, 5.74) is 0.730. The molecule has 1 atom stereocenters. The second kappa shape index (κ2) is 5.50. The lowest BCUT2D eigenvalue weighted by atomic mass is 9.75. The van der Waals surface area contributed by atoms with Crippen molar-refractivity contribution in [2.45, 2.75) is 65.8 Å². The first kappa shape index (κ1) is 14.0. The van der Waals surface area contributed by atoms with Crippen molar-refractivity contribution in [3.05, 3.63) is 0 Å². The predicted octanol–water partition coefficient (Wildman–Crippen LogP) is 2.95. The Labute approximate surface area is 101 Å². The molecule has 1 aliphatic carbocycles. The zero-order chi connectivity index (χ0) is 12.2. The van der Waals surface area contributed by atoms with Gasteiger partial charge in [0.2, 0.25) is 0 Å². The van der Waals surface area contributed by atoms with Gasteiger partial charge in [-0.15, -0.1) is 0 Å². The average Bonchev–Trinajstić information content (AvgIpc) is 2.13. The zero-order valence-corrected chi connectivity index (χ0v) is 11.5. The van der Waals surface area contributed by atoms with Crippen molar-refractivity contribution in [3.8, 4) is 0 Å². The van der Waals surface area contributed by atoms with Crippen molar-refractivity contribution in [1.29, 1.82) is 0 Å². The van der Waals surface area contributed by atoms with Crippen molar-refractivity contribution in [2.75, 3.05) is 13.2 Å². The quantitative estimate of drug-likeness (QED) is 0.757. The second-order valence-electron chi connectivity index (χ2n) is 6.98. The van der Waals surface area contributed by atoms with Crippen LogP contribution in [0.2, 0.25) is 0 Å². The van der Waals surface area contributed by atoms with Crippen LogP contribution in [-0.4, -0.2) is 24.3 Å². The SMILES string of the molecule is CC(C)(CCO)CNC1CCCC(C)(C)C1. The van der Waals surface area contributed by atoms with E-state index in [0.717, 1.165) is 13.0 Å². The van der Waals surface area contributed by atoms with E-state index in [0.29, 0.717) is 18.1 Å². The number of hydrogen-bond acceptors (Lipinski definition) is 2. The molecule has 1 aliphatic rings. The summed E-state index contributed by atoms with van der Waals surface area (Å²) in [7, 11) is 0. The van der Waals surface area contributed by atoms with E-state index < -0.39 is 0 Å². The molecule has 2 heteroatoms. The van der Waals surface area contributed by atoms with Gasteiger partial charge in [-0.3, -0.25) is 0 Å². The minimum Gasteiger partial charge on any atom is -0.396 e. The van der Waals surface area contributed by atoms with Crippen LogP contribution in [0, 0.1) is 10.8 Å². The summed E-state index contributed by atoms with van der Waals surface area (Å²) in [5, 5.41) is 12.7. The number of rotatable bonds is 5. The van der Waals surface area contributed by atoms with Crippen LogP contribution in [0.25, 0.3) is 0 Å². The summed E-state index contributed by atoms with van der Waals surface area (Å²) in [6.45, 7) is 10.5. The van der Waals surface area contributed by atoms with Crippen LogP contribution in [0.1, 0.15) is 59.8 Å². The summed E-state index contributed by atoms with van der Waals surface area (Å²) in [6.07, 6.45) is 6.22. The maximum atomic E-state index is 8.99. The smallest absolute Gasteiger partial charge is 0.0436 e. The maximum Gasteiger partial charge on any atom is 0.0436 e. The minimum atomic E-state index is 0.219. The fourth-order valence-electron chi connectivity index (χ4n) is 2.68. The fraction of sp³-hybridized carbons (Fsp3) is 1.00. The molecule has 16 heavy (non-hydrogen) atoms. The summed E-state index contributed by atoms with van der Waals surface area (Å²) >= 11 is 0. The topological polar surface area (TPSA) is 32.3 Å². The minimum absolute atomic E-state index is 0.219. The van der Waals surface area contributed by atoms with Gasteiger partial charge in [-0.25, -0.2) is 0 Å². The molecule has 0 aromatic carbocycles. The third kappa shape index (κ3) is 4.84. The lowest BCUT2D eigenvalue weighted by Gasteiger charge is -2.37. The average molecular weight is 227 g/mol. The Balaban J connectivity index is 2.32. The fourth-order valence-corrected chi connectivity index (χ4v) is 2.68. The van der Waals surface area contributed by atoms with Crippen LogP contribution in [0.15, 0.2) is 0 Å². The Bertz CT molecular complexity index is 211. The molecule has 2 nitrogen and oxygen atoms in total. The molecule has 1 fully saturated rings. The van der Waals surface area contributed by atoms with Crippen LogP contribution >= 0.6 is 0 Å². The zero-order valence-electron chi connectivity index (χ0n) is 11.5. The molecule has 0 aliphatic heterocycles. The molecule has 0 saturated heterocycles. The number of hydrogen-bond donors (Lipinski definition) is 2. The van der Waals surface area contributed by atoms with Gasteiger partial charge in [0, 0.05) is 19.2 Å². The lowest BCUT2D eigenvalue weighted by molar-refractivity contribution is 0.167. The Kier molecular flexibility index (Phi) is 4.81. The molecule has 0 bridgehead atoms. The van der Waals surface area contributed by atoms with Gasteiger partial charge in [0.15, 0.2) is 0 Å². The van der Waals surface area contributed by atoms with E-state index in [1.165, 1.54) is 25.7 Å². The third-order valence-electron chi connectivity index (χ3n) is 3.86. The molecule has 0 aromatic heterocycles. The first-order chi connectivity index (χ1) is 7.35. The van der Waals surface area contributed by atoms with E-state index in [1.54, 1.807) is 0 Å². The van der Waals surface area contributed by atoms with Crippen LogP contribution in [0.3, 0.4) is 0 Å². The van der Waals surface area contributed by atoms with Gasteiger partial charge in [-0.05, 0) is 36.5 Å². The monoisotopic (exact) mass is 227 g/mol. The van der Waals surface area contributed by atoms with Gasteiger partial charge in [-0.1, -0.05) is 34.1 Å². The van der Waals surface area contributed by atoms with E-state index in [2.05, 4.69) is 33.0 Å². The van der Waals surface area contributed by atoms with Gasteiger partial charge < -0.3 is 10.4 Å². The molecule has 0 aromatic rings. The van der Waals surface area contributed by atoms with E-state index >= 15 is 0 Å². The highest BCUT2D eigenvalue weighted by atomic mass is 16.3. The van der Waals surface area contributed by atoms with Gasteiger partial charge in [0.1, 0.15) is 0 Å². The van der Waals surface area contributed by atoms with E-state index in [1.807, 2.05) is 0 Å². The molecule has 0 heterocycles. The van der Waals surface area contributed by atoms with Gasteiger partial charge in [0.05, 0.1) is 0 Å². The normalized spacial score (nSPS) is 25.7. The molecular formula is C14H29NO. The first-order valence-electron chi connectivity index (χ1n) is 6.69. The number of nitrogens with one attached hydrogen (secondary N) is 1. The number of aliphatic hydroxyl groups excluding tert-OH is 1. The Morgan fingerprint density at radius 3 is 2.62 bits per heavy atom. The first-order valence-corrected chi connectivity index (χ1v) is 6.69. The molecule has 0 radical (unpaired) electrons. The molecular weight excluding hydrogens is 198 g/mol. The second-order valence-corrected chi connectivity index (χ2v) is 6.98. The highest BCUT2D eigenvalue weighted by Gasteiger charge is 2.28. The molecule has 2 N–H and O–H groups in total. The summed E-state index contributed by atoms with van der Waals surface area (Å²) in [4.78, 5) is 0. The standard InChI is InChI=1S/C14H29NO/c1-13(2)7-5-6-12(10-13)15-11-14(3,4)8-9-16/h12,15-16H,5-11H2,1-4H3. The van der Waals surface area contributed by atoms with Crippen molar-refractivity contribution in [1.82, 2.24) is 5.32 Å². The molecule has 1 saturated carbocycles. The highest BCUT2D eigenvalue weighted by Crippen LogP contribution is 2.35. The van der Waals surface area contributed by atoms with E-state index in [-0.39, 0.29) is 5.41 Å². The molecule has 1 unspecified atom stereocenters. The largest absolute Gasteiger partial charge is 0.396 e. The number of aliphatic hydroxyl groups is 1. The van der Waals surface area contributed by atoms with Crippen LogP contribution in [-0.2, 0) is 0 Å². The lowest BCUT2D eigenvalue weighted by Crippen LogP contribution is -2.41. The van der Waals surface area contributed by atoms with Gasteiger partial charge in [0.25, 0.3) is 0 Å². The van der Waals surface area contributed by atoms with Crippen LogP contribution in [0.4, 0.5) is 0 Å². The van der Waals surface area contributed by atoms with Gasteiger partial charge >= 0.3 is 0 Å². The van der Waals surface area contributed by atoms with E-state index in [4.69, 9.17) is 5.11 Å². The Morgan fingerprint density at radius 1 is 1.38 bits per heavy atom. The van der Waals surface area contributed by atoms with Crippen LogP contribution < -0.4 is 5.32 Å².